The molecular weight excluding hydrogens is 482 g/mol. The lowest BCUT2D eigenvalue weighted by Gasteiger charge is -2.27. The third kappa shape index (κ3) is 4.28. The maximum Gasteiger partial charge on any atom is 0.342 e. The number of esters is 1. The molecule has 31 heavy (non-hydrogen) atoms. The van der Waals surface area contributed by atoms with Gasteiger partial charge in [-0.15, -0.1) is 11.3 Å². The fourth-order valence-electron chi connectivity index (χ4n) is 4.99. The molecule has 6 nitrogen and oxygen atoms in total. The Labute approximate surface area is 193 Å². The molecule has 2 N–H and O–H groups in total. The Kier molecular flexibility index (Phi) is 6.21. The Balaban J connectivity index is 1.66. The average molecular weight is 506 g/mol. The third-order valence-corrected chi connectivity index (χ3v) is 7.66. The molecule has 2 aromatic rings. The van der Waals surface area contributed by atoms with Crippen LogP contribution >= 0.6 is 27.3 Å². The van der Waals surface area contributed by atoms with Crippen LogP contribution in [0.25, 0.3) is 11.1 Å². The van der Waals surface area contributed by atoms with Crippen LogP contribution in [0.3, 0.4) is 0 Å². The number of hydrogen-bond acceptors (Lipinski definition) is 5. The van der Waals surface area contributed by atoms with Gasteiger partial charge in [0.1, 0.15) is 10.6 Å². The van der Waals surface area contributed by atoms with Crippen molar-refractivity contribution in [1.29, 1.82) is 0 Å². The van der Waals surface area contributed by atoms with Gasteiger partial charge in [-0.3, -0.25) is 9.59 Å². The number of ether oxygens (including phenoxy) is 1. The highest BCUT2D eigenvalue weighted by molar-refractivity contribution is 9.10. The van der Waals surface area contributed by atoms with Crippen molar-refractivity contribution in [2.24, 2.45) is 23.7 Å². The van der Waals surface area contributed by atoms with Gasteiger partial charge in [-0.05, 0) is 62.6 Å². The molecule has 0 aliphatic heterocycles. The van der Waals surface area contributed by atoms with Crippen LogP contribution in [0.2, 0.25) is 0 Å². The van der Waals surface area contributed by atoms with E-state index in [1.54, 1.807) is 13.8 Å². The van der Waals surface area contributed by atoms with Gasteiger partial charge in [0.15, 0.2) is 0 Å². The van der Waals surface area contributed by atoms with Crippen molar-refractivity contribution in [3.05, 3.63) is 39.7 Å². The first-order valence-electron chi connectivity index (χ1n) is 10.4. The Bertz CT molecular complexity index is 1020. The third-order valence-electron chi connectivity index (χ3n) is 6.23. The highest BCUT2D eigenvalue weighted by Crippen LogP contribution is 2.53. The summed E-state index contributed by atoms with van der Waals surface area (Å²) >= 11 is 4.67. The molecule has 8 heteroatoms. The van der Waals surface area contributed by atoms with E-state index in [0.717, 1.165) is 29.3 Å². The lowest BCUT2D eigenvalue weighted by Crippen LogP contribution is -2.38. The molecule has 1 aromatic heterocycles. The Hall–Kier alpha value is -2.19. The molecule has 2 aliphatic carbocycles. The SMILES string of the molecule is CC(C)OC(=O)c1c(-c2ccc(Br)cc2)csc1NC(=O)[C@@H]1[C@H]2CC[C@@H](C2)[C@H]1C(=O)O. The Morgan fingerprint density at radius 1 is 1.13 bits per heavy atom. The molecule has 2 aliphatic rings. The molecular formula is C23H24BrNO5S. The second-order valence-electron chi connectivity index (χ2n) is 8.53. The van der Waals surface area contributed by atoms with Crippen LogP contribution in [0.1, 0.15) is 43.5 Å². The summed E-state index contributed by atoms with van der Waals surface area (Å²) in [5.41, 5.74) is 1.82. The van der Waals surface area contributed by atoms with E-state index in [1.807, 2.05) is 29.6 Å². The van der Waals surface area contributed by atoms with Crippen LogP contribution in [0.5, 0.6) is 0 Å². The number of carbonyl (C=O) groups is 3. The van der Waals surface area contributed by atoms with Crippen LogP contribution < -0.4 is 5.32 Å². The molecule has 2 bridgehead atoms. The maximum atomic E-state index is 13.2. The Morgan fingerprint density at radius 2 is 1.77 bits per heavy atom. The molecule has 0 spiro atoms. The molecule has 1 amide bonds. The van der Waals surface area contributed by atoms with Crippen molar-refractivity contribution in [3.63, 3.8) is 0 Å². The molecule has 1 heterocycles. The number of nitrogens with one attached hydrogen (secondary N) is 1. The summed E-state index contributed by atoms with van der Waals surface area (Å²) < 4.78 is 6.37. The van der Waals surface area contributed by atoms with E-state index in [9.17, 15) is 19.5 Å². The molecule has 164 valence electrons. The second kappa shape index (κ2) is 8.74. The fraction of sp³-hybridized carbons (Fsp3) is 0.435. The van der Waals surface area contributed by atoms with Gasteiger partial charge in [-0.1, -0.05) is 28.1 Å². The molecule has 0 unspecified atom stereocenters. The highest BCUT2D eigenvalue weighted by Gasteiger charge is 2.54. The van der Waals surface area contributed by atoms with Crippen molar-refractivity contribution in [3.8, 4) is 11.1 Å². The molecule has 0 radical (unpaired) electrons. The first kappa shape index (κ1) is 22.0. The number of fused-ring (bicyclic) bond motifs is 2. The summed E-state index contributed by atoms with van der Waals surface area (Å²) in [4.78, 5) is 37.9. The van der Waals surface area contributed by atoms with E-state index in [0.29, 0.717) is 16.1 Å². The largest absolute Gasteiger partial charge is 0.481 e. The zero-order valence-corrected chi connectivity index (χ0v) is 19.7. The van der Waals surface area contributed by atoms with E-state index < -0.39 is 23.8 Å². The first-order valence-corrected chi connectivity index (χ1v) is 12.1. The van der Waals surface area contributed by atoms with Crippen molar-refractivity contribution in [2.45, 2.75) is 39.2 Å². The highest BCUT2D eigenvalue weighted by atomic mass is 79.9. The molecule has 4 atom stereocenters. The standard InChI is InChI=1S/C23H24BrNO5S/c1-11(2)30-23(29)19-16(12-5-7-15(24)8-6-12)10-31-21(19)25-20(26)17-13-3-4-14(9-13)18(17)22(27)28/h5-8,10-11,13-14,17-18H,3-4,9H2,1-2H3,(H,25,26)(H,27,28)/t13-,14-,17+,18+/m0/s1. The molecule has 2 fully saturated rings. The number of hydrogen-bond donors (Lipinski definition) is 2. The van der Waals surface area contributed by atoms with E-state index >= 15 is 0 Å². The zero-order chi connectivity index (χ0) is 22.3. The summed E-state index contributed by atoms with van der Waals surface area (Å²) in [6.45, 7) is 3.54. The van der Waals surface area contributed by atoms with Crippen LogP contribution in [0.4, 0.5) is 5.00 Å². The summed E-state index contributed by atoms with van der Waals surface area (Å²) in [5, 5.41) is 14.8. The quantitative estimate of drug-likeness (QED) is 0.510. The van der Waals surface area contributed by atoms with Crippen molar-refractivity contribution in [1.82, 2.24) is 0 Å². The van der Waals surface area contributed by atoms with Crippen LogP contribution in [-0.4, -0.2) is 29.1 Å². The predicted octanol–water partition coefficient (Wildman–Crippen LogP) is 5.43. The van der Waals surface area contributed by atoms with Gasteiger partial charge in [0.25, 0.3) is 0 Å². The average Bonchev–Trinajstić information content (AvgIpc) is 3.42. The lowest BCUT2D eigenvalue weighted by atomic mass is 9.79. The number of carboxylic acids is 1. The molecule has 2 saturated carbocycles. The number of halogens is 1. The van der Waals surface area contributed by atoms with Gasteiger partial charge in [0.05, 0.1) is 17.9 Å². The number of anilines is 1. The second-order valence-corrected chi connectivity index (χ2v) is 10.3. The normalized spacial score (nSPS) is 24.4. The number of amides is 1. The zero-order valence-electron chi connectivity index (χ0n) is 17.3. The predicted molar refractivity (Wildman–Crippen MR) is 122 cm³/mol. The smallest absolute Gasteiger partial charge is 0.342 e. The van der Waals surface area contributed by atoms with Crippen LogP contribution in [0.15, 0.2) is 34.1 Å². The van der Waals surface area contributed by atoms with Crippen molar-refractivity contribution < 1.29 is 24.2 Å². The van der Waals surface area contributed by atoms with E-state index in [1.165, 1.54) is 11.3 Å². The van der Waals surface area contributed by atoms with Gasteiger partial charge in [-0.25, -0.2) is 4.79 Å². The summed E-state index contributed by atoms with van der Waals surface area (Å²) in [5.74, 6) is -2.81. The van der Waals surface area contributed by atoms with Gasteiger partial charge in [0, 0.05) is 15.4 Å². The monoisotopic (exact) mass is 505 g/mol. The minimum atomic E-state index is -0.909. The number of carboxylic acid groups (broad SMARTS) is 1. The van der Waals surface area contributed by atoms with Gasteiger partial charge in [-0.2, -0.15) is 0 Å². The topological polar surface area (TPSA) is 92.7 Å². The maximum absolute atomic E-state index is 13.2. The number of thiophene rings is 1. The lowest BCUT2D eigenvalue weighted by molar-refractivity contribution is -0.148. The molecule has 0 saturated heterocycles. The van der Waals surface area contributed by atoms with E-state index in [-0.39, 0.29) is 23.8 Å². The minimum absolute atomic E-state index is 0.0605. The number of rotatable bonds is 6. The summed E-state index contributed by atoms with van der Waals surface area (Å²) in [6, 6.07) is 7.55. The van der Waals surface area contributed by atoms with Crippen molar-refractivity contribution >= 4 is 50.1 Å². The van der Waals surface area contributed by atoms with E-state index in [4.69, 9.17) is 4.74 Å². The fourth-order valence-corrected chi connectivity index (χ4v) is 6.21. The summed E-state index contributed by atoms with van der Waals surface area (Å²) in [6.07, 6.45) is 2.22. The van der Waals surface area contributed by atoms with Crippen LogP contribution in [0, 0.1) is 23.7 Å². The van der Waals surface area contributed by atoms with Crippen molar-refractivity contribution in [2.75, 3.05) is 5.32 Å². The van der Waals surface area contributed by atoms with Gasteiger partial charge in [0.2, 0.25) is 5.91 Å². The summed E-state index contributed by atoms with van der Waals surface area (Å²) in [7, 11) is 0. The number of benzene rings is 1. The van der Waals surface area contributed by atoms with E-state index in [2.05, 4.69) is 21.2 Å². The molecule has 1 aromatic carbocycles. The minimum Gasteiger partial charge on any atom is -0.481 e. The first-order chi connectivity index (χ1) is 14.8. The van der Waals surface area contributed by atoms with Crippen LogP contribution in [-0.2, 0) is 14.3 Å². The number of aliphatic carboxylic acids is 1. The Morgan fingerprint density at radius 3 is 2.39 bits per heavy atom. The number of carbonyl (C=O) groups excluding carboxylic acids is 2. The van der Waals surface area contributed by atoms with Gasteiger partial charge < -0.3 is 15.2 Å². The molecule has 4 rings (SSSR count). The van der Waals surface area contributed by atoms with Gasteiger partial charge >= 0.3 is 11.9 Å².